The molecule has 0 saturated heterocycles. The second kappa shape index (κ2) is 9.29. The van der Waals surface area contributed by atoms with Crippen LogP contribution in [0.15, 0.2) is 58.6 Å². The highest BCUT2D eigenvalue weighted by Gasteiger charge is 2.34. The number of amides is 2. The maximum absolute atomic E-state index is 13.1. The first kappa shape index (κ1) is 26.5. The number of nitrogens with zero attached hydrogens (tertiary/aromatic N) is 8. The Kier molecular flexibility index (Phi) is 5.46. The fraction of sp³-hybridized carbons (Fsp3) is 0.0968. The second-order valence-corrected chi connectivity index (χ2v) is 13.9. The maximum Gasteiger partial charge on any atom is 0.279 e. The summed E-state index contributed by atoms with van der Waals surface area (Å²) in [4.78, 5) is 32.3. The van der Waals surface area contributed by atoms with Crippen molar-refractivity contribution >= 4 is 133 Å². The number of carbonyl (C=O) groups excluding carboxylic acids is 2. The zero-order chi connectivity index (χ0) is 30.7. The van der Waals surface area contributed by atoms with E-state index in [-0.39, 0.29) is 16.9 Å². The van der Waals surface area contributed by atoms with Crippen molar-refractivity contribution in [2.24, 2.45) is 12.0 Å². The summed E-state index contributed by atoms with van der Waals surface area (Å²) in [5.74, 6) is -1.23. The van der Waals surface area contributed by atoms with Crippen LogP contribution in [0.2, 0.25) is 0 Å². The van der Waals surface area contributed by atoms with Crippen molar-refractivity contribution < 1.29 is 9.59 Å². The fourth-order valence-corrected chi connectivity index (χ4v) is 9.84. The molecule has 0 N–H and O–H groups in total. The Balaban J connectivity index is 1.29. The number of hydrogen-bond acceptors (Lipinski definition) is 12. The van der Waals surface area contributed by atoms with E-state index in [2.05, 4.69) is 61.8 Å². The van der Waals surface area contributed by atoms with Crippen LogP contribution in [0.5, 0.6) is 0 Å². The minimum atomic E-state index is -0.643. The third kappa shape index (κ3) is 3.49. The lowest BCUT2D eigenvalue weighted by Crippen LogP contribution is -2.44. The highest BCUT2D eigenvalue weighted by Crippen LogP contribution is 2.48. The lowest BCUT2D eigenvalue weighted by Gasteiger charge is -2.22. The average molecular weight is 661 g/mol. The highest BCUT2D eigenvalue weighted by atomic mass is 32.1. The van der Waals surface area contributed by atoms with Crippen LogP contribution in [0.25, 0.3) is 73.8 Å². The van der Waals surface area contributed by atoms with Gasteiger partial charge in [0.1, 0.15) is 39.4 Å². The summed E-state index contributed by atoms with van der Waals surface area (Å²) in [6.07, 6.45) is 0. The number of carbonyl (C=O) groups is 2. The molecule has 6 heterocycles. The van der Waals surface area contributed by atoms with Gasteiger partial charge >= 0.3 is 0 Å². The molecule has 216 valence electrons. The van der Waals surface area contributed by atoms with Gasteiger partial charge in [-0.3, -0.25) is 14.5 Å². The number of fused-ring (bicyclic) bond motifs is 10. The van der Waals surface area contributed by atoms with Crippen molar-refractivity contribution in [1.82, 2.24) is 27.0 Å². The van der Waals surface area contributed by atoms with Gasteiger partial charge in [-0.1, -0.05) is 18.2 Å². The van der Waals surface area contributed by atoms with Crippen molar-refractivity contribution in [1.29, 1.82) is 5.26 Å². The molecule has 9 rings (SSSR count). The molecule has 0 saturated carbocycles. The summed E-state index contributed by atoms with van der Waals surface area (Å²) >= 11 is 5.76. The van der Waals surface area contributed by atoms with Gasteiger partial charge < -0.3 is 4.57 Å². The lowest BCUT2D eigenvalue weighted by molar-refractivity contribution is -0.136. The molecular formula is C31H16N8O2S4. The largest absolute Gasteiger partial charge is 0.342 e. The molecule has 3 aromatic carbocycles. The summed E-state index contributed by atoms with van der Waals surface area (Å²) in [5, 5.41) is 12.5. The van der Waals surface area contributed by atoms with Crippen LogP contribution >= 0.6 is 46.1 Å². The molecule has 1 aliphatic rings. The molecule has 5 aromatic heterocycles. The summed E-state index contributed by atoms with van der Waals surface area (Å²) in [5.41, 5.74) is 6.58. The number of aliphatic imine (C=N–C) groups is 1. The van der Waals surface area contributed by atoms with Gasteiger partial charge in [-0.05, 0) is 31.2 Å². The summed E-state index contributed by atoms with van der Waals surface area (Å²) in [6.45, 7) is 1.56. The monoisotopic (exact) mass is 660 g/mol. The van der Waals surface area contributed by atoms with Gasteiger partial charge in [0, 0.05) is 51.0 Å². The third-order valence-electron chi connectivity index (χ3n) is 8.40. The molecule has 2 amide bonds. The number of hydrogen-bond donors (Lipinski definition) is 0. The van der Waals surface area contributed by atoms with E-state index in [9.17, 15) is 14.9 Å². The summed E-state index contributed by atoms with van der Waals surface area (Å²) in [7, 11) is 3.46. The van der Waals surface area contributed by atoms with Crippen molar-refractivity contribution in [3.8, 4) is 16.5 Å². The highest BCUT2D eigenvalue weighted by molar-refractivity contribution is 7.32. The van der Waals surface area contributed by atoms with E-state index in [0.717, 1.165) is 55.1 Å². The first-order valence-corrected chi connectivity index (χ1v) is 16.7. The molecule has 0 fully saturated rings. The number of imide groups is 1. The molecule has 14 heteroatoms. The molecule has 0 atom stereocenters. The van der Waals surface area contributed by atoms with Crippen LogP contribution in [-0.4, -0.2) is 51.5 Å². The number of nitriles is 1. The topological polar surface area (TPSA) is 130 Å². The molecule has 10 nitrogen and oxygen atoms in total. The van der Waals surface area contributed by atoms with Crippen LogP contribution in [0, 0.1) is 11.3 Å². The molecule has 0 spiro atoms. The molecule has 0 bridgehead atoms. The lowest BCUT2D eigenvalue weighted by atomic mass is 9.98. The first-order chi connectivity index (χ1) is 21.9. The van der Waals surface area contributed by atoms with E-state index in [1.54, 1.807) is 18.3 Å². The van der Waals surface area contributed by atoms with E-state index in [0.29, 0.717) is 22.2 Å². The average Bonchev–Trinajstić information content (AvgIpc) is 3.87. The number of thiophene rings is 2. The Bertz CT molecular complexity index is 2770. The minimum Gasteiger partial charge on any atom is -0.342 e. The number of benzene rings is 3. The van der Waals surface area contributed by atoms with Gasteiger partial charge in [0.05, 0.1) is 49.6 Å². The third-order valence-corrected chi connectivity index (χ3v) is 11.9. The molecule has 0 aliphatic carbocycles. The Morgan fingerprint density at radius 3 is 2.33 bits per heavy atom. The van der Waals surface area contributed by atoms with Crippen LogP contribution in [0.3, 0.4) is 0 Å². The molecular weight excluding hydrogens is 645 g/mol. The second-order valence-electron chi connectivity index (χ2n) is 10.7. The number of aryl methyl sites for hydroxylation is 1. The smallest absolute Gasteiger partial charge is 0.279 e. The minimum absolute atomic E-state index is 0.0180. The molecule has 1 aliphatic heterocycles. The number of rotatable bonds is 2. The summed E-state index contributed by atoms with van der Waals surface area (Å²) in [6, 6.07) is 16.6. The van der Waals surface area contributed by atoms with Crippen molar-refractivity contribution in [2.75, 3.05) is 7.05 Å². The van der Waals surface area contributed by atoms with Crippen LogP contribution in [0.4, 0.5) is 5.69 Å². The quantitative estimate of drug-likeness (QED) is 0.177. The Morgan fingerprint density at radius 1 is 0.822 bits per heavy atom. The zero-order valence-electron chi connectivity index (χ0n) is 23.6. The van der Waals surface area contributed by atoms with Gasteiger partial charge in [0.15, 0.2) is 0 Å². The zero-order valence-corrected chi connectivity index (χ0v) is 26.8. The fourth-order valence-electron chi connectivity index (χ4n) is 6.12. The summed E-state index contributed by atoms with van der Waals surface area (Å²) < 4.78 is 24.7. The van der Waals surface area contributed by atoms with Gasteiger partial charge in [-0.25, -0.2) is 4.99 Å². The van der Waals surface area contributed by atoms with E-state index in [1.807, 2.05) is 23.5 Å². The van der Waals surface area contributed by atoms with Crippen molar-refractivity contribution in [2.45, 2.75) is 6.92 Å². The van der Waals surface area contributed by atoms with E-state index >= 15 is 0 Å². The normalized spacial score (nSPS) is 15.4. The van der Waals surface area contributed by atoms with Crippen molar-refractivity contribution in [3.05, 3.63) is 53.6 Å². The van der Waals surface area contributed by atoms with E-state index < -0.39 is 11.8 Å². The van der Waals surface area contributed by atoms with Crippen molar-refractivity contribution in [3.63, 3.8) is 0 Å². The SMILES string of the molecule is CC1=C(C#N)C(=O)N(C)C(=O)C1=Nc1cc2c(cc(-c3cc4c(s3)c3sc5ccccc5c3n4C)c3nsnc32)c2nsnc12. The van der Waals surface area contributed by atoms with Gasteiger partial charge in [-0.15, -0.1) is 22.7 Å². The molecule has 0 unspecified atom stereocenters. The van der Waals surface area contributed by atoms with Gasteiger partial charge in [0.25, 0.3) is 11.8 Å². The first-order valence-electron chi connectivity index (χ1n) is 13.6. The Labute approximate surface area is 269 Å². The predicted molar refractivity (Wildman–Crippen MR) is 182 cm³/mol. The molecule has 0 radical (unpaired) electrons. The van der Waals surface area contributed by atoms with E-state index in [4.69, 9.17) is 8.75 Å². The van der Waals surface area contributed by atoms with Crippen LogP contribution in [0.1, 0.15) is 6.92 Å². The molecule has 45 heavy (non-hydrogen) atoms. The predicted octanol–water partition coefficient (Wildman–Crippen LogP) is 7.35. The standard InChI is InChI=1S/C31H16N8O2S4/c1-12-17(11-32)30(40)39(3)31(41)22(12)33-18-9-15-14(24-26(18)37-45-35-24)8-16(25-23(15)34-44-36-25)21-10-19-28(43-21)29-27(38(19)2)13-6-4-5-7-20(13)42-29/h4-10H,1-3H3. The van der Waals surface area contributed by atoms with Gasteiger partial charge in [0.2, 0.25) is 0 Å². The Morgan fingerprint density at radius 2 is 1.53 bits per heavy atom. The Hall–Kier alpha value is -4.94. The van der Waals surface area contributed by atoms with Crippen LogP contribution in [-0.2, 0) is 16.6 Å². The number of likely N-dealkylation sites (N-methyl/N-ethyl adjacent to an activating group) is 1. The maximum atomic E-state index is 13.1. The van der Waals surface area contributed by atoms with Crippen LogP contribution < -0.4 is 0 Å². The van der Waals surface area contributed by atoms with Gasteiger partial charge in [-0.2, -0.15) is 22.8 Å². The number of aromatic nitrogens is 5. The van der Waals surface area contributed by atoms with E-state index in [1.165, 1.54) is 37.6 Å². The molecule has 8 aromatic rings.